The van der Waals surface area contributed by atoms with Gasteiger partial charge < -0.3 is 5.73 Å². The Morgan fingerprint density at radius 1 is 0.735 bits per heavy atom. The van der Waals surface area contributed by atoms with Crippen LogP contribution in [0.15, 0.2) is 109 Å². The van der Waals surface area contributed by atoms with Crippen LogP contribution in [0.2, 0.25) is 0 Å². The van der Waals surface area contributed by atoms with Crippen LogP contribution in [0, 0.1) is 10.2 Å². The number of anilines is 1. The number of hydrogen-bond acceptors (Lipinski definition) is 7. The predicted octanol–water partition coefficient (Wildman–Crippen LogP) is -1.19. The molecule has 8 nitrogen and oxygen atoms in total. The Morgan fingerprint density at radius 3 is 1.56 bits per heavy atom. The first-order valence-corrected chi connectivity index (χ1v) is 13.1. The van der Waals surface area contributed by atoms with Gasteiger partial charge in [0, 0.05) is 6.20 Å². The number of halogens is 1. The van der Waals surface area contributed by atoms with Crippen molar-refractivity contribution in [3.8, 4) is 0 Å². The van der Waals surface area contributed by atoms with Gasteiger partial charge in [-0.1, -0.05) is 54.6 Å². The van der Waals surface area contributed by atoms with Crippen LogP contribution in [0.5, 0.6) is 0 Å². The van der Waals surface area contributed by atoms with Crippen LogP contribution in [0.4, 0.5) is 5.82 Å². The number of fused-ring (bicyclic) bond motifs is 1. The summed E-state index contributed by atoms with van der Waals surface area (Å²) in [4.78, 5) is 4.69. The minimum atomic E-state index is -4.69. The van der Waals surface area contributed by atoms with Gasteiger partial charge in [0.25, 0.3) is 0 Å². The SMILES string of the molecule is Nc1ccnc2c([P+](c3ccccc3)(c3ccccc3)c3ccccc3)cnn12.[O-][Cl+3]([O-])([O-])O. The van der Waals surface area contributed by atoms with Crippen molar-refractivity contribution in [3.63, 3.8) is 0 Å². The van der Waals surface area contributed by atoms with E-state index in [-0.39, 0.29) is 0 Å². The van der Waals surface area contributed by atoms with Gasteiger partial charge in [-0.2, -0.15) is 23.6 Å². The molecule has 172 valence electrons. The number of aromatic nitrogens is 3. The molecule has 0 saturated heterocycles. The Kier molecular flexibility index (Phi) is 6.90. The molecule has 0 fully saturated rings. The molecule has 0 amide bonds. The summed E-state index contributed by atoms with van der Waals surface area (Å²) in [5.41, 5.74) is 7.00. The fourth-order valence-electron chi connectivity index (χ4n) is 3.95. The van der Waals surface area contributed by atoms with Gasteiger partial charge in [0.2, 0.25) is 5.65 Å². The van der Waals surface area contributed by atoms with Crippen LogP contribution >= 0.6 is 7.26 Å². The highest BCUT2D eigenvalue weighted by atomic mass is 35.7. The summed E-state index contributed by atoms with van der Waals surface area (Å²) in [6, 6.07) is 33.8. The molecule has 5 aromatic rings. The van der Waals surface area contributed by atoms with Crippen molar-refractivity contribution < 1.29 is 28.9 Å². The minimum Gasteiger partial charge on any atom is -0.384 e. The zero-order valence-corrected chi connectivity index (χ0v) is 19.5. The molecule has 2 heterocycles. The molecule has 0 atom stereocenters. The molecule has 0 bridgehead atoms. The van der Waals surface area contributed by atoms with Gasteiger partial charge in [0.1, 0.15) is 29.0 Å². The number of nitrogens with zero attached hydrogens (tertiary/aromatic N) is 3. The highest BCUT2D eigenvalue weighted by Gasteiger charge is 2.50. The second-order valence-electron chi connectivity index (χ2n) is 7.21. The highest BCUT2D eigenvalue weighted by Crippen LogP contribution is 2.54. The van der Waals surface area contributed by atoms with E-state index in [1.54, 1.807) is 16.8 Å². The van der Waals surface area contributed by atoms with E-state index in [1.165, 1.54) is 15.9 Å². The summed E-state index contributed by atoms with van der Waals surface area (Å²) in [7, 11) is -6.92. The number of benzene rings is 3. The van der Waals surface area contributed by atoms with Crippen LogP contribution < -0.4 is 40.9 Å². The summed E-state index contributed by atoms with van der Waals surface area (Å²) in [5.74, 6) is 0.577. The Bertz CT molecular complexity index is 1260. The first-order valence-electron chi connectivity index (χ1n) is 10.1. The van der Waals surface area contributed by atoms with E-state index in [0.29, 0.717) is 5.82 Å². The number of rotatable bonds is 4. The standard InChI is InChI=1S/C24H20N4P.ClHO4/c25-23-16-17-26-24-22(18-27-28(23)24)29(19-10-4-1-5-11-19,20-12-6-2-7-13-20)21-14-8-3-9-15-21;2-1(3,4)5/h1-18H,25H2;(H,2,3,4,5)/q+1;. The van der Waals surface area contributed by atoms with E-state index >= 15 is 0 Å². The lowest BCUT2D eigenvalue weighted by Gasteiger charge is -2.26. The third-order valence-corrected chi connectivity index (χ3v) is 9.46. The first-order chi connectivity index (χ1) is 16.3. The fourth-order valence-corrected chi connectivity index (χ4v) is 8.22. The fraction of sp³-hybridized carbons (Fsp3) is 0. The van der Waals surface area contributed by atoms with Gasteiger partial charge in [0.05, 0.1) is 21.1 Å². The highest BCUT2D eigenvalue weighted by molar-refractivity contribution is 8.01. The molecule has 0 saturated carbocycles. The zero-order chi connectivity index (χ0) is 24.2. The average molecular weight is 496 g/mol. The number of nitrogen functional groups attached to an aromatic ring is 1. The van der Waals surface area contributed by atoms with Crippen LogP contribution in [-0.2, 0) is 0 Å². The molecular weight excluding hydrogens is 475 g/mol. The normalized spacial score (nSPS) is 11.6. The molecule has 34 heavy (non-hydrogen) atoms. The van der Waals surface area contributed by atoms with Crippen LogP contribution in [0.25, 0.3) is 5.65 Å². The lowest BCUT2D eigenvalue weighted by Crippen LogP contribution is -2.58. The van der Waals surface area contributed by atoms with Crippen molar-refractivity contribution in [1.29, 1.82) is 0 Å². The third kappa shape index (κ3) is 4.78. The zero-order valence-electron chi connectivity index (χ0n) is 17.8. The van der Waals surface area contributed by atoms with Gasteiger partial charge in [0.15, 0.2) is 5.30 Å². The molecule has 10 heteroatoms. The van der Waals surface area contributed by atoms with E-state index in [1.807, 2.05) is 6.20 Å². The third-order valence-electron chi connectivity index (χ3n) is 5.20. The molecule has 0 aliphatic heterocycles. The van der Waals surface area contributed by atoms with Crippen molar-refractivity contribution in [2.24, 2.45) is 0 Å². The maximum absolute atomic E-state index is 8.60. The molecule has 0 radical (unpaired) electrons. The van der Waals surface area contributed by atoms with Gasteiger partial charge in [-0.05, 0) is 42.5 Å². The van der Waals surface area contributed by atoms with Crippen molar-refractivity contribution in [2.45, 2.75) is 0 Å². The molecule has 3 N–H and O–H groups in total. The monoisotopic (exact) mass is 495 g/mol. The van der Waals surface area contributed by atoms with Crippen LogP contribution in [0.1, 0.15) is 0 Å². The molecular formula is C24H21ClN4O4P+. The Morgan fingerprint density at radius 2 is 1.15 bits per heavy atom. The van der Waals surface area contributed by atoms with E-state index in [2.05, 4.69) is 96.1 Å². The predicted molar refractivity (Wildman–Crippen MR) is 124 cm³/mol. The quantitative estimate of drug-likeness (QED) is 0.298. The van der Waals surface area contributed by atoms with E-state index in [9.17, 15) is 0 Å². The smallest absolute Gasteiger partial charge is 0.201 e. The molecule has 5 rings (SSSR count). The Labute approximate surface area is 198 Å². The number of nitrogens with two attached hydrogens (primary N) is 1. The van der Waals surface area contributed by atoms with Crippen LogP contribution in [-0.4, -0.2) is 19.3 Å². The maximum atomic E-state index is 8.60. The van der Waals surface area contributed by atoms with Gasteiger partial charge in [-0.15, -0.1) is 0 Å². The summed E-state index contributed by atoms with van der Waals surface area (Å²) in [6.45, 7) is 0. The van der Waals surface area contributed by atoms with Crippen molar-refractivity contribution in [3.05, 3.63) is 109 Å². The molecule has 3 aromatic carbocycles. The molecule has 2 aromatic heterocycles. The van der Waals surface area contributed by atoms with E-state index < -0.39 is 17.5 Å². The van der Waals surface area contributed by atoms with Gasteiger partial charge in [-0.3, -0.25) is 0 Å². The van der Waals surface area contributed by atoms with E-state index in [4.69, 9.17) is 29.4 Å². The lowest BCUT2D eigenvalue weighted by atomic mass is 10.4. The van der Waals surface area contributed by atoms with E-state index in [0.717, 1.165) is 11.0 Å². The summed E-state index contributed by atoms with van der Waals surface area (Å²) in [5, 5.41) is 9.50. The van der Waals surface area contributed by atoms with Crippen molar-refractivity contribution in [2.75, 3.05) is 5.73 Å². The van der Waals surface area contributed by atoms with Crippen molar-refractivity contribution >= 4 is 39.9 Å². The molecule has 0 aliphatic carbocycles. The van der Waals surface area contributed by atoms with Gasteiger partial charge >= 0.3 is 0 Å². The molecule has 0 unspecified atom stereocenters. The summed E-state index contributed by atoms with van der Waals surface area (Å²) < 4.78 is 34.5. The van der Waals surface area contributed by atoms with Crippen molar-refractivity contribution in [1.82, 2.24) is 14.6 Å². The Balaban J connectivity index is 0.000000499. The summed E-state index contributed by atoms with van der Waals surface area (Å²) in [6.07, 6.45) is 3.70. The first kappa shape index (κ1) is 23.8. The maximum Gasteiger partial charge on any atom is 0.201 e. The second kappa shape index (κ2) is 9.87. The second-order valence-corrected chi connectivity index (χ2v) is 11.4. The average Bonchev–Trinajstić information content (AvgIpc) is 3.27. The Hall–Kier alpha value is -3.36. The summed E-state index contributed by atoms with van der Waals surface area (Å²) >= 11 is 0. The molecule has 0 spiro atoms. The largest absolute Gasteiger partial charge is 0.384 e. The van der Waals surface area contributed by atoms with Gasteiger partial charge in [-0.25, -0.2) is 4.98 Å². The van der Waals surface area contributed by atoms with Crippen LogP contribution in [0.3, 0.4) is 0 Å². The minimum absolute atomic E-state index is 0.577. The number of hydrogen-bond donors (Lipinski definition) is 2. The molecule has 0 aliphatic rings. The lowest BCUT2D eigenvalue weighted by molar-refractivity contribution is -1.92. The topological polar surface area (TPSA) is 146 Å².